The first kappa shape index (κ1) is 11.0. The Bertz CT molecular complexity index is 691. The number of benzene rings is 1. The maximum Gasteiger partial charge on any atom is 0.217 e. The molecular weight excluding hydrogens is 220 g/mol. The fourth-order valence-electron chi connectivity index (χ4n) is 1.53. The number of hydrogen-bond donors (Lipinski definition) is 2. The van der Waals surface area contributed by atoms with Gasteiger partial charge in [-0.3, -0.25) is 15.0 Å². The Hall–Kier alpha value is -2.50. The van der Waals surface area contributed by atoms with Gasteiger partial charge >= 0.3 is 0 Å². The lowest BCUT2D eigenvalue weighted by Crippen LogP contribution is -2.38. The van der Waals surface area contributed by atoms with Crippen molar-refractivity contribution in [1.29, 1.82) is 5.41 Å². The highest BCUT2D eigenvalue weighted by Gasteiger charge is 2.10. The molecule has 0 aromatic heterocycles. The Morgan fingerprint density at radius 1 is 1.24 bits per heavy atom. The van der Waals surface area contributed by atoms with E-state index in [-0.39, 0.29) is 11.3 Å². The second-order valence-electron chi connectivity index (χ2n) is 3.56. The first-order valence-electron chi connectivity index (χ1n) is 4.87. The summed E-state index contributed by atoms with van der Waals surface area (Å²) in [6.45, 7) is 0. The summed E-state index contributed by atoms with van der Waals surface area (Å²) < 4.78 is 0. The van der Waals surface area contributed by atoms with Gasteiger partial charge in [-0.25, -0.2) is 5.01 Å². The zero-order chi connectivity index (χ0) is 12.6. The summed E-state index contributed by atoms with van der Waals surface area (Å²) in [5.41, 5.74) is 4.33. The van der Waals surface area contributed by atoms with Crippen molar-refractivity contribution in [3.63, 3.8) is 0 Å². The van der Waals surface area contributed by atoms with E-state index in [9.17, 15) is 9.59 Å². The van der Waals surface area contributed by atoms with E-state index in [4.69, 9.17) is 11.1 Å². The molecule has 0 aliphatic heterocycles. The van der Waals surface area contributed by atoms with Crippen molar-refractivity contribution in [3.8, 4) is 0 Å². The summed E-state index contributed by atoms with van der Waals surface area (Å²) in [5, 5.41) is 12.3. The summed E-state index contributed by atoms with van der Waals surface area (Å²) in [6.07, 6.45) is 0. The largest absolute Gasteiger partial charge is 0.369 e. The Labute approximate surface area is 95.8 Å². The summed E-state index contributed by atoms with van der Waals surface area (Å²) in [6, 6.07) is 6.51. The van der Waals surface area contributed by atoms with Crippen LogP contribution in [0.15, 0.2) is 39.0 Å². The lowest BCUT2D eigenvalue weighted by atomic mass is 10.2. The zero-order valence-corrected chi connectivity index (χ0v) is 9.10. The van der Waals surface area contributed by atoms with Gasteiger partial charge in [-0.05, 0) is 0 Å². The van der Waals surface area contributed by atoms with Crippen LogP contribution in [0.4, 0.5) is 0 Å². The molecule has 0 amide bonds. The molecule has 0 saturated heterocycles. The van der Waals surface area contributed by atoms with E-state index in [1.54, 1.807) is 24.3 Å². The topological polar surface area (TPSA) is 99.6 Å². The second kappa shape index (κ2) is 3.82. The van der Waals surface area contributed by atoms with Crippen molar-refractivity contribution in [1.82, 2.24) is 5.01 Å². The van der Waals surface area contributed by atoms with Gasteiger partial charge in [0, 0.05) is 17.8 Å². The van der Waals surface area contributed by atoms with Crippen molar-refractivity contribution >= 4 is 16.7 Å². The highest BCUT2D eigenvalue weighted by molar-refractivity contribution is 5.83. The van der Waals surface area contributed by atoms with E-state index in [1.807, 2.05) is 0 Å². The molecule has 86 valence electrons. The van der Waals surface area contributed by atoms with Gasteiger partial charge in [-0.2, -0.15) is 5.10 Å². The monoisotopic (exact) mass is 230 g/mol. The lowest BCUT2D eigenvalue weighted by molar-refractivity contribution is 0.512. The van der Waals surface area contributed by atoms with Crippen LogP contribution in [0.1, 0.15) is 0 Å². The molecule has 17 heavy (non-hydrogen) atoms. The molecule has 0 fully saturated rings. The van der Waals surface area contributed by atoms with Gasteiger partial charge in [0.2, 0.25) is 16.8 Å². The molecule has 0 atom stereocenters. The van der Waals surface area contributed by atoms with E-state index < -0.39 is 10.9 Å². The summed E-state index contributed by atoms with van der Waals surface area (Å²) in [5.74, 6) is -0.339. The van der Waals surface area contributed by atoms with E-state index in [0.29, 0.717) is 10.8 Å². The normalized spacial score (nSPS) is 10.4. The van der Waals surface area contributed by atoms with Crippen LogP contribution in [-0.4, -0.2) is 18.0 Å². The molecule has 2 aromatic carbocycles. The minimum Gasteiger partial charge on any atom is -0.369 e. The van der Waals surface area contributed by atoms with Gasteiger partial charge in [-0.15, -0.1) is 0 Å². The minimum atomic E-state index is -0.432. The third-order valence-electron chi connectivity index (χ3n) is 2.45. The summed E-state index contributed by atoms with van der Waals surface area (Å²) in [4.78, 5) is 23.8. The average Bonchev–Trinajstić information content (AvgIpc) is 2.55. The minimum absolute atomic E-state index is 0.205. The average molecular weight is 230 g/mol. The van der Waals surface area contributed by atoms with E-state index >= 15 is 0 Å². The maximum absolute atomic E-state index is 11.9. The molecular formula is C11H10N4O2. The van der Waals surface area contributed by atoms with Gasteiger partial charge in [0.05, 0.1) is 0 Å². The molecule has 6 nitrogen and oxygen atoms in total. The van der Waals surface area contributed by atoms with Crippen LogP contribution < -0.4 is 21.9 Å². The second-order valence-corrected chi connectivity index (χ2v) is 3.56. The van der Waals surface area contributed by atoms with Crippen LogP contribution in [0.3, 0.4) is 0 Å². The van der Waals surface area contributed by atoms with Gasteiger partial charge < -0.3 is 5.73 Å². The standard InChI is InChI=1S/C11H10N4O2/c1-15(11(12)13)14-8-9(16)6-4-2-3-5-7(6)10(8)17/h2-5H,1H3,(H3,12,13). The summed E-state index contributed by atoms with van der Waals surface area (Å²) in [7, 11) is 1.40. The van der Waals surface area contributed by atoms with Crippen molar-refractivity contribution in [2.45, 2.75) is 0 Å². The molecule has 0 unspecified atom stereocenters. The number of hydrogen-bond acceptors (Lipinski definition) is 4. The molecule has 2 aromatic rings. The van der Waals surface area contributed by atoms with Gasteiger partial charge in [0.25, 0.3) is 0 Å². The molecule has 0 spiro atoms. The predicted molar refractivity (Wildman–Crippen MR) is 64.1 cm³/mol. The molecule has 0 bridgehead atoms. The fraction of sp³-hybridized carbons (Fsp3) is 0.0909. The molecule has 6 heteroatoms. The molecule has 0 aliphatic rings. The van der Waals surface area contributed by atoms with E-state index in [1.165, 1.54) is 7.05 Å². The smallest absolute Gasteiger partial charge is 0.217 e. The third kappa shape index (κ3) is 1.69. The molecule has 0 aliphatic carbocycles. The number of nitrogens with one attached hydrogen (secondary N) is 1. The number of fused-ring (bicyclic) bond motifs is 1. The van der Waals surface area contributed by atoms with Crippen molar-refractivity contribution < 1.29 is 0 Å². The SMILES string of the molecule is CN(N=c1c(=O)c2ccccc2c1=O)C(=N)N. The van der Waals surface area contributed by atoms with E-state index in [2.05, 4.69) is 5.10 Å². The van der Waals surface area contributed by atoms with Crippen molar-refractivity contribution in [2.24, 2.45) is 10.8 Å². The number of nitrogens with zero attached hydrogens (tertiary/aromatic N) is 2. The number of guanidine groups is 1. The van der Waals surface area contributed by atoms with Crippen LogP contribution in [0.2, 0.25) is 0 Å². The lowest BCUT2D eigenvalue weighted by Gasteiger charge is -2.06. The molecule has 2 rings (SSSR count). The quantitative estimate of drug-likeness (QED) is 0.376. The van der Waals surface area contributed by atoms with Crippen LogP contribution in [-0.2, 0) is 0 Å². The zero-order valence-electron chi connectivity index (χ0n) is 9.10. The van der Waals surface area contributed by atoms with Crippen molar-refractivity contribution in [2.75, 3.05) is 7.05 Å². The highest BCUT2D eigenvalue weighted by Crippen LogP contribution is 2.01. The molecule has 0 radical (unpaired) electrons. The Balaban J connectivity index is 2.85. The predicted octanol–water partition coefficient (Wildman–Crippen LogP) is -0.923. The van der Waals surface area contributed by atoms with E-state index in [0.717, 1.165) is 5.01 Å². The Morgan fingerprint density at radius 2 is 1.71 bits per heavy atom. The molecule has 3 N–H and O–H groups in total. The molecule has 0 heterocycles. The van der Waals surface area contributed by atoms with Crippen LogP contribution in [0.25, 0.3) is 10.8 Å². The number of nitrogens with two attached hydrogens (primary N) is 1. The Morgan fingerprint density at radius 3 is 2.12 bits per heavy atom. The maximum atomic E-state index is 11.9. The fourth-order valence-corrected chi connectivity index (χ4v) is 1.53. The van der Waals surface area contributed by atoms with Gasteiger partial charge in [0.1, 0.15) is 0 Å². The van der Waals surface area contributed by atoms with Gasteiger partial charge in [0.15, 0.2) is 5.36 Å². The molecule has 0 saturated carbocycles. The van der Waals surface area contributed by atoms with Crippen LogP contribution in [0.5, 0.6) is 0 Å². The highest BCUT2D eigenvalue weighted by atomic mass is 16.1. The Kier molecular flexibility index (Phi) is 2.47. The van der Waals surface area contributed by atoms with Crippen LogP contribution >= 0.6 is 0 Å². The van der Waals surface area contributed by atoms with Crippen LogP contribution in [0, 0.1) is 5.41 Å². The summed E-state index contributed by atoms with van der Waals surface area (Å²) >= 11 is 0. The van der Waals surface area contributed by atoms with Gasteiger partial charge in [-0.1, -0.05) is 24.3 Å². The first-order chi connectivity index (χ1) is 8.02. The number of rotatable bonds is 1. The van der Waals surface area contributed by atoms with Crippen molar-refractivity contribution in [3.05, 3.63) is 50.1 Å². The third-order valence-corrected chi connectivity index (χ3v) is 2.45. The first-order valence-corrected chi connectivity index (χ1v) is 4.87.